The fraction of sp³-hybridized carbons (Fsp3) is 0.167. The number of nitrogens with zero attached hydrogens (tertiary/aromatic N) is 2. The Balaban J connectivity index is 1.76. The van der Waals surface area contributed by atoms with Gasteiger partial charge in [0.25, 0.3) is 0 Å². The van der Waals surface area contributed by atoms with Crippen LogP contribution >= 0.6 is 0 Å². The fourth-order valence-corrected chi connectivity index (χ4v) is 2.35. The van der Waals surface area contributed by atoms with E-state index < -0.39 is 5.97 Å². The van der Waals surface area contributed by atoms with Crippen molar-refractivity contribution >= 4 is 28.9 Å². The van der Waals surface area contributed by atoms with Crippen LogP contribution in [-0.2, 0) is 4.74 Å². The predicted molar refractivity (Wildman–Crippen MR) is 95.0 cm³/mol. The Bertz CT molecular complexity index is 916. The third-order valence-electron chi connectivity index (χ3n) is 3.58. The number of esters is 1. The number of carbonyl (C=O) groups excluding carboxylic acids is 2. The summed E-state index contributed by atoms with van der Waals surface area (Å²) >= 11 is 0. The van der Waals surface area contributed by atoms with Crippen LogP contribution in [0.4, 0.5) is 16.2 Å². The molecule has 0 aliphatic carbocycles. The van der Waals surface area contributed by atoms with Gasteiger partial charge in [-0.2, -0.15) is 5.10 Å². The van der Waals surface area contributed by atoms with E-state index in [4.69, 9.17) is 4.74 Å². The average Bonchev–Trinajstić information content (AvgIpc) is 3.00. The van der Waals surface area contributed by atoms with E-state index in [-0.39, 0.29) is 12.6 Å². The van der Waals surface area contributed by atoms with E-state index in [9.17, 15) is 9.59 Å². The molecule has 0 aliphatic heterocycles. The van der Waals surface area contributed by atoms with E-state index >= 15 is 0 Å². The first kappa shape index (κ1) is 16.5. The number of carbonyl (C=O) groups is 2. The largest absolute Gasteiger partial charge is 0.462 e. The summed E-state index contributed by atoms with van der Waals surface area (Å²) < 4.78 is 6.56. The lowest BCUT2D eigenvalue weighted by atomic mass is 10.2. The van der Waals surface area contributed by atoms with Crippen molar-refractivity contribution in [3.8, 4) is 0 Å². The monoisotopic (exact) mass is 338 g/mol. The van der Waals surface area contributed by atoms with E-state index in [2.05, 4.69) is 15.7 Å². The van der Waals surface area contributed by atoms with Gasteiger partial charge in [0, 0.05) is 17.6 Å². The topological polar surface area (TPSA) is 84.7 Å². The zero-order chi connectivity index (χ0) is 17.8. The molecule has 3 rings (SSSR count). The zero-order valence-corrected chi connectivity index (χ0v) is 13.9. The molecular formula is C18H18N4O3. The lowest BCUT2D eigenvalue weighted by Crippen LogP contribution is -2.19. The van der Waals surface area contributed by atoms with Crippen LogP contribution in [0.25, 0.3) is 5.52 Å². The summed E-state index contributed by atoms with van der Waals surface area (Å²) in [6, 6.07) is 10.5. The van der Waals surface area contributed by atoms with Crippen molar-refractivity contribution in [2.24, 2.45) is 0 Å². The Morgan fingerprint density at radius 2 is 1.84 bits per heavy atom. The molecule has 0 spiro atoms. The lowest BCUT2D eigenvalue weighted by molar-refractivity contribution is 0.0528. The van der Waals surface area contributed by atoms with E-state index in [1.807, 2.05) is 31.2 Å². The number of urea groups is 1. The van der Waals surface area contributed by atoms with Gasteiger partial charge in [0.15, 0.2) is 0 Å². The van der Waals surface area contributed by atoms with Gasteiger partial charge in [-0.1, -0.05) is 17.7 Å². The second kappa shape index (κ2) is 7.04. The molecule has 0 unspecified atom stereocenters. The van der Waals surface area contributed by atoms with Gasteiger partial charge >= 0.3 is 12.0 Å². The Morgan fingerprint density at radius 1 is 1.12 bits per heavy atom. The smallest absolute Gasteiger partial charge is 0.341 e. The number of anilines is 2. The van der Waals surface area contributed by atoms with E-state index in [0.29, 0.717) is 22.5 Å². The third kappa shape index (κ3) is 3.77. The van der Waals surface area contributed by atoms with Crippen molar-refractivity contribution in [2.75, 3.05) is 17.2 Å². The SMILES string of the molecule is CCOC(=O)c1cnn2ccc(NC(=O)Nc3ccc(C)cc3)cc12. The number of benzene rings is 1. The molecule has 7 heteroatoms. The van der Waals surface area contributed by atoms with Gasteiger partial charge in [-0.15, -0.1) is 0 Å². The molecule has 3 aromatic rings. The minimum Gasteiger partial charge on any atom is -0.462 e. The van der Waals surface area contributed by atoms with E-state index in [1.54, 1.807) is 29.8 Å². The predicted octanol–water partition coefficient (Wildman–Crippen LogP) is 3.46. The standard InChI is InChI=1S/C18H18N4O3/c1-3-25-17(23)15-11-19-22-9-8-14(10-16(15)22)21-18(24)20-13-6-4-12(2)5-7-13/h4-11H,3H2,1-2H3,(H2,20,21,24). The summed E-state index contributed by atoms with van der Waals surface area (Å²) in [4.78, 5) is 24.1. The zero-order valence-electron chi connectivity index (χ0n) is 13.9. The second-order valence-corrected chi connectivity index (χ2v) is 5.47. The number of amides is 2. The van der Waals surface area contributed by atoms with Crippen molar-refractivity contribution in [1.82, 2.24) is 9.61 Å². The van der Waals surface area contributed by atoms with Gasteiger partial charge in [-0.3, -0.25) is 0 Å². The van der Waals surface area contributed by atoms with Crippen LogP contribution in [0.5, 0.6) is 0 Å². The number of ether oxygens (including phenoxy) is 1. The average molecular weight is 338 g/mol. The molecule has 0 saturated heterocycles. The van der Waals surface area contributed by atoms with Crippen LogP contribution in [0.3, 0.4) is 0 Å². The summed E-state index contributed by atoms with van der Waals surface area (Å²) in [5, 5.41) is 9.60. The first-order valence-electron chi connectivity index (χ1n) is 7.86. The van der Waals surface area contributed by atoms with Crippen molar-refractivity contribution in [1.29, 1.82) is 0 Å². The number of rotatable bonds is 4. The molecule has 0 saturated carbocycles. The van der Waals surface area contributed by atoms with Gasteiger partial charge in [0.05, 0.1) is 18.3 Å². The summed E-state index contributed by atoms with van der Waals surface area (Å²) in [7, 11) is 0. The molecule has 0 bridgehead atoms. The number of aromatic nitrogens is 2. The van der Waals surface area contributed by atoms with Gasteiger partial charge in [-0.05, 0) is 38.1 Å². The number of fused-ring (bicyclic) bond motifs is 1. The molecule has 2 aromatic heterocycles. The number of pyridine rings is 1. The van der Waals surface area contributed by atoms with Crippen LogP contribution in [-0.4, -0.2) is 28.2 Å². The third-order valence-corrected chi connectivity index (χ3v) is 3.58. The molecule has 0 atom stereocenters. The lowest BCUT2D eigenvalue weighted by Gasteiger charge is -2.08. The van der Waals surface area contributed by atoms with Crippen LogP contribution < -0.4 is 10.6 Å². The van der Waals surface area contributed by atoms with Gasteiger partial charge in [-0.25, -0.2) is 14.1 Å². The Labute approximate surface area is 144 Å². The minimum absolute atomic E-state index is 0.285. The number of hydrogen-bond donors (Lipinski definition) is 2. The summed E-state index contributed by atoms with van der Waals surface area (Å²) in [6.07, 6.45) is 3.11. The van der Waals surface area contributed by atoms with Crippen molar-refractivity contribution in [3.63, 3.8) is 0 Å². The van der Waals surface area contributed by atoms with Crippen LogP contribution in [0.2, 0.25) is 0 Å². The van der Waals surface area contributed by atoms with Crippen molar-refractivity contribution in [3.05, 3.63) is 59.9 Å². The number of aryl methyl sites for hydroxylation is 1. The summed E-state index contributed by atoms with van der Waals surface area (Å²) in [6.45, 7) is 4.00. The summed E-state index contributed by atoms with van der Waals surface area (Å²) in [5.41, 5.74) is 3.27. The van der Waals surface area contributed by atoms with E-state index in [0.717, 1.165) is 5.56 Å². The maximum atomic E-state index is 12.1. The summed E-state index contributed by atoms with van der Waals surface area (Å²) in [5.74, 6) is -0.446. The first-order chi connectivity index (χ1) is 12.1. The van der Waals surface area contributed by atoms with Gasteiger partial charge in [0.1, 0.15) is 5.56 Å². The van der Waals surface area contributed by atoms with Crippen LogP contribution in [0.1, 0.15) is 22.8 Å². The molecule has 2 N–H and O–H groups in total. The first-order valence-corrected chi connectivity index (χ1v) is 7.86. The van der Waals surface area contributed by atoms with Gasteiger partial charge in [0.2, 0.25) is 0 Å². The van der Waals surface area contributed by atoms with Crippen LogP contribution in [0, 0.1) is 6.92 Å². The van der Waals surface area contributed by atoms with Crippen molar-refractivity contribution < 1.29 is 14.3 Å². The molecule has 1 aromatic carbocycles. The number of hydrogen-bond acceptors (Lipinski definition) is 4. The molecule has 0 aliphatic rings. The Hall–Kier alpha value is -3.35. The second-order valence-electron chi connectivity index (χ2n) is 5.47. The maximum absolute atomic E-state index is 12.1. The van der Waals surface area contributed by atoms with E-state index in [1.165, 1.54) is 6.20 Å². The Morgan fingerprint density at radius 3 is 2.56 bits per heavy atom. The molecular weight excluding hydrogens is 320 g/mol. The molecule has 0 radical (unpaired) electrons. The van der Waals surface area contributed by atoms with Crippen molar-refractivity contribution in [2.45, 2.75) is 13.8 Å². The quantitative estimate of drug-likeness (QED) is 0.714. The highest BCUT2D eigenvalue weighted by Gasteiger charge is 2.14. The highest BCUT2D eigenvalue weighted by Crippen LogP contribution is 2.17. The Kier molecular flexibility index (Phi) is 4.65. The molecule has 2 heterocycles. The molecule has 7 nitrogen and oxygen atoms in total. The maximum Gasteiger partial charge on any atom is 0.341 e. The fourth-order valence-electron chi connectivity index (χ4n) is 2.35. The van der Waals surface area contributed by atoms with Crippen LogP contribution in [0.15, 0.2) is 48.8 Å². The molecule has 128 valence electrons. The highest BCUT2D eigenvalue weighted by molar-refractivity contribution is 6.01. The number of nitrogens with one attached hydrogen (secondary N) is 2. The minimum atomic E-state index is -0.446. The molecule has 25 heavy (non-hydrogen) atoms. The molecule has 0 fully saturated rings. The molecule has 2 amide bonds. The highest BCUT2D eigenvalue weighted by atomic mass is 16.5. The normalized spacial score (nSPS) is 10.5. The van der Waals surface area contributed by atoms with Gasteiger partial charge < -0.3 is 15.4 Å².